The summed E-state index contributed by atoms with van der Waals surface area (Å²) in [6.45, 7) is 5.58. The molecule has 0 spiro atoms. The predicted octanol–water partition coefficient (Wildman–Crippen LogP) is 3.75. The summed E-state index contributed by atoms with van der Waals surface area (Å²) >= 11 is 6.00. The number of piperidine rings is 1. The molecule has 1 aliphatic heterocycles. The van der Waals surface area contributed by atoms with E-state index in [4.69, 9.17) is 11.6 Å². The van der Waals surface area contributed by atoms with Crippen LogP contribution in [0.5, 0.6) is 0 Å². The Balaban J connectivity index is 1.84. The number of imidazole rings is 1. The van der Waals surface area contributed by atoms with Crippen molar-refractivity contribution in [2.24, 2.45) is 0 Å². The van der Waals surface area contributed by atoms with Gasteiger partial charge in [0.2, 0.25) is 0 Å². The fourth-order valence-electron chi connectivity index (χ4n) is 3.06. The van der Waals surface area contributed by atoms with E-state index in [0.717, 1.165) is 22.9 Å². The molecule has 2 atom stereocenters. The van der Waals surface area contributed by atoms with Gasteiger partial charge in [-0.05, 0) is 38.8 Å². The Kier molecular flexibility index (Phi) is 3.50. The summed E-state index contributed by atoms with van der Waals surface area (Å²) in [6, 6.07) is 5.11. The second kappa shape index (κ2) is 5.14. The normalized spacial score (nSPS) is 25.0. The van der Waals surface area contributed by atoms with Gasteiger partial charge in [-0.25, -0.2) is 4.98 Å². The monoisotopic (exact) mass is 277 g/mol. The van der Waals surface area contributed by atoms with Crippen LogP contribution in [-0.2, 0) is 6.54 Å². The molecule has 0 bridgehead atoms. The van der Waals surface area contributed by atoms with Crippen molar-refractivity contribution in [3.8, 4) is 0 Å². The average molecular weight is 278 g/mol. The van der Waals surface area contributed by atoms with Crippen LogP contribution >= 0.6 is 11.6 Å². The molecule has 2 aromatic rings. The molecule has 3 rings (SSSR count). The lowest BCUT2D eigenvalue weighted by molar-refractivity contribution is 0.0940. The molecule has 0 radical (unpaired) electrons. The van der Waals surface area contributed by atoms with Crippen molar-refractivity contribution in [1.82, 2.24) is 14.3 Å². The van der Waals surface area contributed by atoms with Gasteiger partial charge >= 0.3 is 0 Å². The molecule has 0 N–H and O–H groups in total. The van der Waals surface area contributed by atoms with Crippen molar-refractivity contribution in [3.05, 3.63) is 35.2 Å². The molecule has 0 aromatic carbocycles. The van der Waals surface area contributed by atoms with Gasteiger partial charge in [0.1, 0.15) is 5.65 Å². The topological polar surface area (TPSA) is 20.5 Å². The summed E-state index contributed by atoms with van der Waals surface area (Å²) in [7, 11) is 0. The van der Waals surface area contributed by atoms with Crippen LogP contribution in [0.15, 0.2) is 24.5 Å². The Labute approximate surface area is 119 Å². The summed E-state index contributed by atoms with van der Waals surface area (Å²) in [5.41, 5.74) is 2.06. The molecule has 0 saturated carbocycles. The Hall–Kier alpha value is -1.06. The maximum atomic E-state index is 6.00. The highest BCUT2D eigenvalue weighted by atomic mass is 35.5. The maximum absolute atomic E-state index is 6.00. The van der Waals surface area contributed by atoms with Crippen LogP contribution in [0.4, 0.5) is 0 Å². The molecular formula is C15H20ClN3. The van der Waals surface area contributed by atoms with Crippen molar-refractivity contribution >= 4 is 17.2 Å². The summed E-state index contributed by atoms with van der Waals surface area (Å²) in [4.78, 5) is 7.24. The summed E-state index contributed by atoms with van der Waals surface area (Å²) in [5.74, 6) is 0. The molecule has 3 nitrogen and oxygen atoms in total. The SMILES string of the molecule is C[C@@H]1CCC[C@@H](C)N1Cc1cn2ccc(Cl)cc2n1. The average Bonchev–Trinajstić information content (AvgIpc) is 2.75. The number of pyridine rings is 1. The zero-order valence-corrected chi connectivity index (χ0v) is 12.3. The van der Waals surface area contributed by atoms with Crippen LogP contribution in [0.3, 0.4) is 0 Å². The highest BCUT2D eigenvalue weighted by molar-refractivity contribution is 6.30. The molecule has 102 valence electrons. The largest absolute Gasteiger partial charge is 0.307 e. The van der Waals surface area contributed by atoms with Crippen LogP contribution in [0.2, 0.25) is 5.02 Å². The van der Waals surface area contributed by atoms with E-state index < -0.39 is 0 Å². The molecule has 1 aliphatic rings. The summed E-state index contributed by atoms with van der Waals surface area (Å²) in [6.07, 6.45) is 8.02. The number of fused-ring (bicyclic) bond motifs is 1. The van der Waals surface area contributed by atoms with Crippen molar-refractivity contribution in [1.29, 1.82) is 0 Å². The van der Waals surface area contributed by atoms with Crippen molar-refractivity contribution in [2.45, 2.75) is 51.7 Å². The minimum absolute atomic E-state index is 0.650. The first kappa shape index (κ1) is 12.9. The Morgan fingerprint density at radius 3 is 2.79 bits per heavy atom. The molecule has 1 saturated heterocycles. The fraction of sp³-hybridized carbons (Fsp3) is 0.533. The van der Waals surface area contributed by atoms with Crippen molar-refractivity contribution < 1.29 is 0 Å². The molecule has 19 heavy (non-hydrogen) atoms. The molecule has 2 aromatic heterocycles. The highest BCUT2D eigenvalue weighted by Crippen LogP contribution is 2.24. The maximum Gasteiger partial charge on any atom is 0.138 e. The summed E-state index contributed by atoms with van der Waals surface area (Å²) < 4.78 is 2.04. The number of hydrogen-bond donors (Lipinski definition) is 0. The zero-order chi connectivity index (χ0) is 13.4. The standard InChI is InChI=1S/C15H20ClN3/c1-11-4-3-5-12(2)19(11)10-14-9-18-7-6-13(16)8-15(18)17-14/h6-9,11-12H,3-5,10H2,1-2H3/t11-,12-/m1/s1. The highest BCUT2D eigenvalue weighted by Gasteiger charge is 2.25. The molecule has 1 fully saturated rings. The van der Waals surface area contributed by atoms with E-state index in [1.54, 1.807) is 0 Å². The second-order valence-corrected chi connectivity index (χ2v) is 6.08. The first-order valence-corrected chi connectivity index (χ1v) is 7.40. The molecule has 0 unspecified atom stereocenters. The lowest BCUT2D eigenvalue weighted by Crippen LogP contribution is -2.43. The molecule has 3 heterocycles. The third-order valence-corrected chi connectivity index (χ3v) is 4.43. The fourth-order valence-corrected chi connectivity index (χ4v) is 3.21. The number of nitrogens with zero attached hydrogens (tertiary/aromatic N) is 3. The van der Waals surface area contributed by atoms with Crippen molar-refractivity contribution in [2.75, 3.05) is 0 Å². The van der Waals surface area contributed by atoms with Gasteiger partial charge < -0.3 is 4.40 Å². The zero-order valence-electron chi connectivity index (χ0n) is 11.5. The van der Waals surface area contributed by atoms with E-state index in [1.165, 1.54) is 19.3 Å². The first-order chi connectivity index (χ1) is 9.13. The Bertz CT molecular complexity index is 568. The molecule has 0 amide bonds. The lowest BCUT2D eigenvalue weighted by Gasteiger charge is -2.38. The van der Waals surface area contributed by atoms with E-state index >= 15 is 0 Å². The van der Waals surface area contributed by atoms with Gasteiger partial charge in [-0.3, -0.25) is 4.90 Å². The van der Waals surface area contributed by atoms with Gasteiger partial charge in [0.25, 0.3) is 0 Å². The number of halogens is 1. The number of likely N-dealkylation sites (tertiary alicyclic amines) is 1. The van der Waals surface area contributed by atoms with Crippen molar-refractivity contribution in [3.63, 3.8) is 0 Å². The molecule has 0 aliphatic carbocycles. The van der Waals surface area contributed by atoms with Gasteiger partial charge in [0.15, 0.2) is 0 Å². The van der Waals surface area contributed by atoms with Crippen LogP contribution in [-0.4, -0.2) is 26.4 Å². The van der Waals surface area contributed by atoms with E-state index in [-0.39, 0.29) is 0 Å². The van der Waals surface area contributed by atoms with Gasteiger partial charge in [0.05, 0.1) is 5.69 Å². The Morgan fingerprint density at radius 1 is 1.32 bits per heavy atom. The van der Waals surface area contributed by atoms with E-state index in [0.29, 0.717) is 12.1 Å². The predicted molar refractivity (Wildman–Crippen MR) is 78.5 cm³/mol. The lowest BCUT2D eigenvalue weighted by atomic mass is 9.97. The second-order valence-electron chi connectivity index (χ2n) is 5.64. The van der Waals surface area contributed by atoms with E-state index in [2.05, 4.69) is 29.9 Å². The first-order valence-electron chi connectivity index (χ1n) is 7.02. The third-order valence-electron chi connectivity index (χ3n) is 4.19. The molecular weight excluding hydrogens is 258 g/mol. The van der Waals surface area contributed by atoms with Crippen LogP contribution in [0.1, 0.15) is 38.8 Å². The number of hydrogen-bond acceptors (Lipinski definition) is 2. The number of rotatable bonds is 2. The van der Waals surface area contributed by atoms with Gasteiger partial charge in [-0.2, -0.15) is 0 Å². The summed E-state index contributed by atoms with van der Waals surface area (Å²) in [5, 5.41) is 0.740. The molecule has 4 heteroatoms. The Morgan fingerprint density at radius 2 is 2.05 bits per heavy atom. The quantitative estimate of drug-likeness (QED) is 0.833. The van der Waals surface area contributed by atoms with E-state index in [1.807, 2.05) is 22.7 Å². The van der Waals surface area contributed by atoms with Crippen LogP contribution < -0.4 is 0 Å². The van der Waals surface area contributed by atoms with Gasteiger partial charge in [0, 0.05) is 36.0 Å². The minimum atomic E-state index is 0.650. The smallest absolute Gasteiger partial charge is 0.138 e. The van der Waals surface area contributed by atoms with Crippen LogP contribution in [0, 0.1) is 0 Å². The number of aromatic nitrogens is 2. The third kappa shape index (κ3) is 2.63. The van der Waals surface area contributed by atoms with Gasteiger partial charge in [-0.1, -0.05) is 18.0 Å². The van der Waals surface area contributed by atoms with Crippen LogP contribution in [0.25, 0.3) is 5.65 Å². The van der Waals surface area contributed by atoms with Gasteiger partial charge in [-0.15, -0.1) is 0 Å². The minimum Gasteiger partial charge on any atom is -0.307 e. The van der Waals surface area contributed by atoms with E-state index in [9.17, 15) is 0 Å².